The van der Waals surface area contributed by atoms with Gasteiger partial charge in [-0.05, 0) is 104 Å². The molecule has 0 radical (unpaired) electrons. The van der Waals surface area contributed by atoms with Gasteiger partial charge in [0.25, 0.3) is 0 Å². The average Bonchev–Trinajstić information content (AvgIpc) is 2.98. The molecule has 1 aliphatic rings. The summed E-state index contributed by atoms with van der Waals surface area (Å²) in [6.45, 7) is 0. The molecule has 0 saturated carbocycles. The summed E-state index contributed by atoms with van der Waals surface area (Å²) in [5.74, 6) is 1.71. The standard InChI is InChI=1S/C35H20N2O/c36-21-22-9-11-23(12-10-22)28-17-24-13-15-26-19-29(20-27-16-14-25(18-28)34(24)35(26)27)37-30-5-1-3-7-32(30)38-33-8-4-2-6-31(33)37/h1-20H. The fourth-order valence-corrected chi connectivity index (χ4v) is 5.84. The van der Waals surface area contributed by atoms with E-state index in [-0.39, 0.29) is 0 Å². The zero-order valence-electron chi connectivity index (χ0n) is 20.3. The van der Waals surface area contributed by atoms with Crippen molar-refractivity contribution in [2.75, 3.05) is 4.90 Å². The van der Waals surface area contributed by atoms with Gasteiger partial charge >= 0.3 is 0 Å². The molecule has 38 heavy (non-hydrogen) atoms. The summed E-state index contributed by atoms with van der Waals surface area (Å²) in [5.41, 5.74) is 6.12. The predicted octanol–water partition coefficient (Wildman–Crippen LogP) is 9.70. The first kappa shape index (κ1) is 20.8. The molecule has 0 aliphatic carbocycles. The maximum Gasteiger partial charge on any atom is 0.151 e. The van der Waals surface area contributed by atoms with Gasteiger partial charge in [0.05, 0.1) is 23.0 Å². The van der Waals surface area contributed by atoms with Crippen LogP contribution >= 0.6 is 0 Å². The Morgan fingerprint density at radius 2 is 1.03 bits per heavy atom. The van der Waals surface area contributed by atoms with Gasteiger partial charge < -0.3 is 9.64 Å². The van der Waals surface area contributed by atoms with Crippen molar-refractivity contribution in [2.24, 2.45) is 0 Å². The quantitative estimate of drug-likeness (QED) is 0.229. The molecule has 0 saturated heterocycles. The lowest BCUT2D eigenvalue weighted by molar-refractivity contribution is 0.477. The molecule has 0 spiro atoms. The molecule has 1 heterocycles. The molecule has 7 aromatic rings. The zero-order valence-corrected chi connectivity index (χ0v) is 20.3. The van der Waals surface area contributed by atoms with Crippen LogP contribution in [-0.2, 0) is 0 Å². The Morgan fingerprint density at radius 1 is 0.526 bits per heavy atom. The maximum atomic E-state index is 9.16. The van der Waals surface area contributed by atoms with Gasteiger partial charge in [0.2, 0.25) is 0 Å². The number of anilines is 3. The molecule has 0 N–H and O–H groups in total. The van der Waals surface area contributed by atoms with Crippen molar-refractivity contribution >= 4 is 49.4 Å². The number of fused-ring (bicyclic) bond motifs is 2. The predicted molar refractivity (Wildman–Crippen MR) is 155 cm³/mol. The summed E-state index contributed by atoms with van der Waals surface area (Å²) in [4.78, 5) is 2.30. The second-order valence-corrected chi connectivity index (χ2v) is 9.76. The van der Waals surface area contributed by atoms with Crippen LogP contribution in [0.2, 0.25) is 0 Å². The highest BCUT2D eigenvalue weighted by atomic mass is 16.5. The Balaban J connectivity index is 1.33. The zero-order chi connectivity index (χ0) is 25.2. The third kappa shape index (κ3) is 3.01. The first-order valence-corrected chi connectivity index (χ1v) is 12.7. The largest absolute Gasteiger partial charge is 0.453 e. The third-order valence-corrected chi connectivity index (χ3v) is 7.56. The van der Waals surface area contributed by atoms with Crippen molar-refractivity contribution in [2.45, 2.75) is 0 Å². The molecule has 0 atom stereocenters. The Morgan fingerprint density at radius 3 is 1.55 bits per heavy atom. The molecule has 0 fully saturated rings. The van der Waals surface area contributed by atoms with E-state index in [0.29, 0.717) is 5.56 Å². The molecule has 8 rings (SSSR count). The second kappa shape index (κ2) is 7.83. The molecular weight excluding hydrogens is 464 g/mol. The van der Waals surface area contributed by atoms with Crippen molar-refractivity contribution in [3.05, 3.63) is 127 Å². The van der Waals surface area contributed by atoms with Gasteiger partial charge in [-0.15, -0.1) is 0 Å². The van der Waals surface area contributed by atoms with E-state index in [0.717, 1.165) is 39.7 Å². The number of para-hydroxylation sites is 4. The van der Waals surface area contributed by atoms with Gasteiger partial charge in [-0.1, -0.05) is 60.7 Å². The van der Waals surface area contributed by atoms with Crippen LogP contribution in [0.3, 0.4) is 0 Å². The average molecular weight is 485 g/mol. The molecule has 0 bridgehead atoms. The SMILES string of the molecule is N#Cc1ccc(-c2cc3ccc4cc(N5c6ccccc6Oc6ccccc65)cc5ccc(c2)c3c45)cc1. The van der Waals surface area contributed by atoms with Crippen molar-refractivity contribution in [1.82, 2.24) is 0 Å². The van der Waals surface area contributed by atoms with E-state index in [1.807, 2.05) is 48.5 Å². The van der Waals surface area contributed by atoms with Crippen LogP contribution in [0, 0.1) is 11.3 Å². The first-order valence-electron chi connectivity index (χ1n) is 12.7. The highest BCUT2D eigenvalue weighted by Gasteiger charge is 2.26. The Labute approximate surface area is 219 Å². The summed E-state index contributed by atoms with van der Waals surface area (Å²) < 4.78 is 6.23. The second-order valence-electron chi connectivity index (χ2n) is 9.76. The summed E-state index contributed by atoms with van der Waals surface area (Å²) >= 11 is 0. The van der Waals surface area contributed by atoms with Gasteiger partial charge in [0.15, 0.2) is 11.5 Å². The normalized spacial score (nSPS) is 12.3. The monoisotopic (exact) mass is 484 g/mol. The third-order valence-electron chi connectivity index (χ3n) is 7.56. The summed E-state index contributed by atoms with van der Waals surface area (Å²) in [6.07, 6.45) is 0. The van der Waals surface area contributed by atoms with E-state index in [1.165, 1.54) is 32.3 Å². The number of ether oxygens (including phenoxy) is 1. The molecule has 0 amide bonds. The minimum absolute atomic E-state index is 0.674. The van der Waals surface area contributed by atoms with Crippen LogP contribution in [0.5, 0.6) is 11.5 Å². The van der Waals surface area contributed by atoms with Gasteiger partial charge in [-0.3, -0.25) is 0 Å². The number of benzene rings is 7. The van der Waals surface area contributed by atoms with Crippen LogP contribution in [0.15, 0.2) is 121 Å². The van der Waals surface area contributed by atoms with Gasteiger partial charge in [0.1, 0.15) is 0 Å². The summed E-state index contributed by atoms with van der Waals surface area (Å²) in [5, 5.41) is 16.6. The molecule has 3 nitrogen and oxygen atoms in total. The fraction of sp³-hybridized carbons (Fsp3) is 0. The number of nitriles is 1. The topological polar surface area (TPSA) is 36.3 Å². The Kier molecular flexibility index (Phi) is 4.29. The number of hydrogen-bond donors (Lipinski definition) is 0. The minimum atomic E-state index is 0.674. The van der Waals surface area contributed by atoms with Gasteiger partial charge in [-0.25, -0.2) is 0 Å². The van der Waals surface area contributed by atoms with Crippen molar-refractivity contribution < 1.29 is 4.74 Å². The van der Waals surface area contributed by atoms with Crippen LogP contribution in [0.4, 0.5) is 17.1 Å². The van der Waals surface area contributed by atoms with Crippen molar-refractivity contribution in [3.8, 4) is 28.7 Å². The lowest BCUT2D eigenvalue weighted by Crippen LogP contribution is -2.15. The summed E-state index contributed by atoms with van der Waals surface area (Å²) in [7, 11) is 0. The van der Waals surface area contributed by atoms with E-state index >= 15 is 0 Å². The van der Waals surface area contributed by atoms with Crippen molar-refractivity contribution in [1.29, 1.82) is 5.26 Å². The smallest absolute Gasteiger partial charge is 0.151 e. The van der Waals surface area contributed by atoms with Gasteiger partial charge in [0, 0.05) is 5.69 Å². The Hall–Kier alpha value is -5.33. The summed E-state index contributed by atoms with van der Waals surface area (Å²) in [6, 6.07) is 44.4. The fourth-order valence-electron chi connectivity index (χ4n) is 5.84. The molecule has 176 valence electrons. The van der Waals surface area contributed by atoms with Crippen LogP contribution in [0.25, 0.3) is 43.4 Å². The van der Waals surface area contributed by atoms with Crippen LogP contribution < -0.4 is 9.64 Å². The molecule has 3 heteroatoms. The number of rotatable bonds is 2. The lowest BCUT2D eigenvalue weighted by atomic mass is 9.90. The van der Waals surface area contributed by atoms with E-state index in [1.54, 1.807) is 0 Å². The van der Waals surface area contributed by atoms with Crippen molar-refractivity contribution in [3.63, 3.8) is 0 Å². The Bertz CT molecular complexity index is 1960. The highest BCUT2D eigenvalue weighted by Crippen LogP contribution is 2.51. The molecule has 7 aromatic carbocycles. The number of nitrogens with zero attached hydrogens (tertiary/aromatic N) is 2. The van der Waals surface area contributed by atoms with E-state index < -0.39 is 0 Å². The molecule has 1 aliphatic heterocycles. The minimum Gasteiger partial charge on any atom is -0.453 e. The number of hydrogen-bond acceptors (Lipinski definition) is 3. The molecular formula is C35H20N2O. The van der Waals surface area contributed by atoms with E-state index in [2.05, 4.69) is 83.8 Å². The molecule has 0 aromatic heterocycles. The molecule has 0 unspecified atom stereocenters. The van der Waals surface area contributed by atoms with Gasteiger partial charge in [-0.2, -0.15) is 5.26 Å². The van der Waals surface area contributed by atoms with Crippen LogP contribution in [0.1, 0.15) is 5.56 Å². The van der Waals surface area contributed by atoms with Crippen LogP contribution in [-0.4, -0.2) is 0 Å². The maximum absolute atomic E-state index is 9.16. The van der Waals surface area contributed by atoms with E-state index in [4.69, 9.17) is 10.00 Å². The highest BCUT2D eigenvalue weighted by molar-refractivity contribution is 6.24. The first-order chi connectivity index (χ1) is 18.8. The van der Waals surface area contributed by atoms with E-state index in [9.17, 15) is 0 Å². The lowest BCUT2D eigenvalue weighted by Gasteiger charge is -2.33.